The van der Waals surface area contributed by atoms with Crippen molar-refractivity contribution >= 4 is 5.78 Å². The molecule has 0 bridgehead atoms. The molecule has 2 rings (SSSR count). The molecular formula is C16H27N3O. The number of Topliss-reactive ketones (excluding diaryl/α,β-unsaturated/α-hetero) is 1. The van der Waals surface area contributed by atoms with Gasteiger partial charge in [-0.3, -0.25) is 9.48 Å². The predicted molar refractivity (Wildman–Crippen MR) is 80.6 cm³/mol. The van der Waals surface area contributed by atoms with E-state index in [9.17, 15) is 4.79 Å². The third-order valence-corrected chi connectivity index (χ3v) is 4.11. The van der Waals surface area contributed by atoms with Crippen LogP contribution in [0.1, 0.15) is 70.0 Å². The Labute approximate surface area is 121 Å². The first-order valence-corrected chi connectivity index (χ1v) is 7.96. The van der Waals surface area contributed by atoms with E-state index in [1.807, 2.05) is 19.2 Å². The number of carbonyl (C=O) groups excluding carboxylic acids is 1. The van der Waals surface area contributed by atoms with Gasteiger partial charge in [-0.25, -0.2) is 0 Å². The van der Waals surface area contributed by atoms with Crippen molar-refractivity contribution in [3.63, 3.8) is 0 Å². The van der Waals surface area contributed by atoms with E-state index in [2.05, 4.69) is 9.78 Å². The third kappa shape index (κ3) is 4.75. The Morgan fingerprint density at radius 3 is 2.90 bits per heavy atom. The number of carbonyl (C=O) groups is 1. The fourth-order valence-corrected chi connectivity index (χ4v) is 2.93. The monoisotopic (exact) mass is 277 g/mol. The lowest BCUT2D eigenvalue weighted by Crippen LogP contribution is -2.15. The first-order chi connectivity index (χ1) is 9.65. The lowest BCUT2D eigenvalue weighted by molar-refractivity contribution is -0.118. The molecule has 1 aliphatic rings. The minimum atomic E-state index is 0.188. The van der Waals surface area contributed by atoms with Crippen LogP contribution in [0.4, 0.5) is 0 Å². The molecule has 0 spiro atoms. The maximum atomic E-state index is 11.9. The van der Waals surface area contributed by atoms with Crippen LogP contribution in [-0.4, -0.2) is 21.6 Å². The molecule has 1 fully saturated rings. The second kappa shape index (κ2) is 7.58. The zero-order valence-electron chi connectivity index (χ0n) is 12.6. The quantitative estimate of drug-likeness (QED) is 0.833. The first kappa shape index (κ1) is 15.2. The molecule has 0 aromatic carbocycles. The molecule has 2 N–H and O–H groups in total. The number of hydrogen-bond donors (Lipinski definition) is 1. The Hall–Kier alpha value is -1.16. The molecule has 1 aromatic rings. The van der Waals surface area contributed by atoms with Crippen molar-refractivity contribution < 1.29 is 4.79 Å². The summed E-state index contributed by atoms with van der Waals surface area (Å²) in [6, 6.07) is 2.73. The largest absolute Gasteiger partial charge is 0.328 e. The molecule has 0 saturated heterocycles. The van der Waals surface area contributed by atoms with Gasteiger partial charge in [0, 0.05) is 18.7 Å². The summed E-state index contributed by atoms with van der Waals surface area (Å²) in [6.07, 6.45) is 11.3. The molecule has 0 amide bonds. The van der Waals surface area contributed by atoms with Crippen LogP contribution in [0.5, 0.6) is 0 Å². The summed E-state index contributed by atoms with van der Waals surface area (Å²) in [5.41, 5.74) is 6.61. The summed E-state index contributed by atoms with van der Waals surface area (Å²) in [7, 11) is 0. The van der Waals surface area contributed by atoms with Crippen LogP contribution in [-0.2, 0) is 11.2 Å². The van der Waals surface area contributed by atoms with Gasteiger partial charge in [-0.05, 0) is 38.7 Å². The minimum Gasteiger partial charge on any atom is -0.328 e. The van der Waals surface area contributed by atoms with Gasteiger partial charge in [0.05, 0.1) is 18.2 Å². The van der Waals surface area contributed by atoms with Crippen molar-refractivity contribution in [3.05, 3.63) is 18.0 Å². The average molecular weight is 277 g/mol. The smallest absolute Gasteiger partial charge is 0.138 e. The topological polar surface area (TPSA) is 60.9 Å². The van der Waals surface area contributed by atoms with Crippen LogP contribution in [0.15, 0.2) is 12.3 Å². The van der Waals surface area contributed by atoms with E-state index in [1.165, 1.54) is 32.1 Å². The van der Waals surface area contributed by atoms with Crippen molar-refractivity contribution in [2.24, 2.45) is 5.73 Å². The molecule has 4 nitrogen and oxygen atoms in total. The molecule has 20 heavy (non-hydrogen) atoms. The number of ketones is 1. The molecule has 4 heteroatoms. The summed E-state index contributed by atoms with van der Waals surface area (Å²) >= 11 is 0. The second-order valence-corrected chi connectivity index (χ2v) is 6.16. The van der Waals surface area contributed by atoms with Crippen molar-refractivity contribution in [2.45, 2.75) is 76.8 Å². The molecule has 112 valence electrons. The Bertz CT molecular complexity index is 419. The van der Waals surface area contributed by atoms with Gasteiger partial charge in [-0.15, -0.1) is 0 Å². The number of nitrogens with two attached hydrogens (primary N) is 1. The van der Waals surface area contributed by atoms with E-state index < -0.39 is 0 Å². The van der Waals surface area contributed by atoms with Gasteiger partial charge >= 0.3 is 0 Å². The van der Waals surface area contributed by atoms with Gasteiger partial charge in [0.15, 0.2) is 0 Å². The molecule has 1 unspecified atom stereocenters. The third-order valence-electron chi connectivity index (χ3n) is 4.11. The Morgan fingerprint density at radius 1 is 1.45 bits per heavy atom. The molecule has 0 radical (unpaired) electrons. The molecular weight excluding hydrogens is 250 g/mol. The van der Waals surface area contributed by atoms with E-state index in [1.54, 1.807) is 0 Å². The Kier molecular flexibility index (Phi) is 5.77. The number of hydrogen-bond acceptors (Lipinski definition) is 3. The highest BCUT2D eigenvalue weighted by atomic mass is 16.1. The van der Waals surface area contributed by atoms with Gasteiger partial charge in [-0.2, -0.15) is 5.10 Å². The number of rotatable bonds is 7. The fourth-order valence-electron chi connectivity index (χ4n) is 2.93. The zero-order chi connectivity index (χ0) is 14.4. The van der Waals surface area contributed by atoms with Gasteiger partial charge in [0.1, 0.15) is 5.78 Å². The van der Waals surface area contributed by atoms with E-state index in [0.717, 1.165) is 18.5 Å². The van der Waals surface area contributed by atoms with Gasteiger partial charge in [-0.1, -0.05) is 19.3 Å². The molecule has 1 aliphatic carbocycles. The first-order valence-electron chi connectivity index (χ1n) is 7.96. The summed E-state index contributed by atoms with van der Waals surface area (Å²) in [4.78, 5) is 11.9. The predicted octanol–water partition coefficient (Wildman–Crippen LogP) is 3.02. The van der Waals surface area contributed by atoms with Crippen molar-refractivity contribution in [1.29, 1.82) is 0 Å². The van der Waals surface area contributed by atoms with Crippen LogP contribution >= 0.6 is 0 Å². The molecule has 1 heterocycles. The minimum absolute atomic E-state index is 0.188. The van der Waals surface area contributed by atoms with Crippen molar-refractivity contribution in [3.8, 4) is 0 Å². The maximum Gasteiger partial charge on any atom is 0.138 e. The fraction of sp³-hybridized carbons (Fsp3) is 0.750. The molecule has 1 aromatic heterocycles. The van der Waals surface area contributed by atoms with Crippen LogP contribution in [0.2, 0.25) is 0 Å². The highest BCUT2D eigenvalue weighted by Crippen LogP contribution is 2.27. The summed E-state index contributed by atoms with van der Waals surface area (Å²) in [6.45, 7) is 1.98. The second-order valence-electron chi connectivity index (χ2n) is 6.16. The highest BCUT2D eigenvalue weighted by molar-refractivity contribution is 5.80. The number of nitrogens with zero attached hydrogens (tertiary/aromatic N) is 2. The van der Waals surface area contributed by atoms with E-state index in [0.29, 0.717) is 18.9 Å². The normalized spacial score (nSPS) is 18.1. The van der Waals surface area contributed by atoms with Crippen LogP contribution < -0.4 is 5.73 Å². The van der Waals surface area contributed by atoms with Crippen molar-refractivity contribution in [2.75, 3.05) is 0 Å². The highest BCUT2D eigenvalue weighted by Gasteiger charge is 2.16. The van der Waals surface area contributed by atoms with Gasteiger partial charge in [0.2, 0.25) is 0 Å². The molecule has 1 saturated carbocycles. The zero-order valence-corrected chi connectivity index (χ0v) is 12.6. The van der Waals surface area contributed by atoms with Crippen LogP contribution in [0.3, 0.4) is 0 Å². The molecule has 0 aliphatic heterocycles. The van der Waals surface area contributed by atoms with E-state index >= 15 is 0 Å². The van der Waals surface area contributed by atoms with Crippen LogP contribution in [0.25, 0.3) is 0 Å². The summed E-state index contributed by atoms with van der Waals surface area (Å²) in [5.74, 6) is 0.277. The SMILES string of the molecule is CC(N)CCCC(=O)Cc1ccn(C2CCCCC2)n1. The van der Waals surface area contributed by atoms with Gasteiger partial charge < -0.3 is 5.73 Å². The standard InChI is InChI=1S/C16H27N3O/c1-13(17)6-5-9-16(20)12-14-10-11-19(18-14)15-7-3-2-4-8-15/h10-11,13,15H,2-9,12,17H2,1H3. The van der Waals surface area contributed by atoms with Gasteiger partial charge in [0.25, 0.3) is 0 Å². The lowest BCUT2D eigenvalue weighted by atomic mass is 9.96. The lowest BCUT2D eigenvalue weighted by Gasteiger charge is -2.21. The Balaban J connectivity index is 1.78. The van der Waals surface area contributed by atoms with E-state index in [-0.39, 0.29) is 11.8 Å². The van der Waals surface area contributed by atoms with E-state index in [4.69, 9.17) is 5.73 Å². The van der Waals surface area contributed by atoms with Crippen LogP contribution in [0, 0.1) is 0 Å². The average Bonchev–Trinajstić information content (AvgIpc) is 2.88. The maximum absolute atomic E-state index is 11.9. The van der Waals surface area contributed by atoms with Crippen molar-refractivity contribution in [1.82, 2.24) is 9.78 Å². The Morgan fingerprint density at radius 2 is 2.20 bits per heavy atom. The summed E-state index contributed by atoms with van der Waals surface area (Å²) in [5, 5.41) is 4.59. The number of aromatic nitrogens is 2. The molecule has 1 atom stereocenters. The summed E-state index contributed by atoms with van der Waals surface area (Å²) < 4.78 is 2.07.